The van der Waals surface area contributed by atoms with Crippen LogP contribution in [0.5, 0.6) is 0 Å². The average molecular weight is 243 g/mol. The minimum absolute atomic E-state index is 0.123. The van der Waals surface area contributed by atoms with Crippen molar-refractivity contribution in [1.29, 1.82) is 0 Å². The van der Waals surface area contributed by atoms with Crippen molar-refractivity contribution in [2.45, 2.75) is 32.4 Å². The molecule has 0 amide bonds. The number of aliphatic hydroxyl groups excluding tert-OH is 1. The van der Waals surface area contributed by atoms with Gasteiger partial charge in [0.15, 0.2) is 5.69 Å². The Labute approximate surface area is 99.0 Å². The zero-order valence-electron chi connectivity index (χ0n) is 10.1. The summed E-state index contributed by atoms with van der Waals surface area (Å²) in [5.41, 5.74) is 0.243. The lowest BCUT2D eigenvalue weighted by molar-refractivity contribution is 0.0671. The van der Waals surface area contributed by atoms with Gasteiger partial charge in [-0.1, -0.05) is 12.1 Å². The quantitative estimate of drug-likeness (QED) is 0.760. The van der Waals surface area contributed by atoms with Crippen molar-refractivity contribution in [3.63, 3.8) is 0 Å². The first-order valence-corrected chi connectivity index (χ1v) is 5.38. The van der Waals surface area contributed by atoms with E-state index in [0.29, 0.717) is 12.1 Å². The molecule has 7 nitrogen and oxygen atoms in total. The monoisotopic (exact) mass is 243 g/mol. The van der Waals surface area contributed by atoms with Crippen LogP contribution in [0, 0.1) is 0 Å². The molecule has 0 fully saturated rings. The third-order valence-electron chi connectivity index (χ3n) is 2.70. The second-order valence-corrected chi connectivity index (χ2v) is 3.70. The van der Waals surface area contributed by atoms with Gasteiger partial charge in [0.25, 0.3) is 0 Å². The lowest BCUT2D eigenvalue weighted by Gasteiger charge is -2.18. The molecule has 96 valence electrons. The van der Waals surface area contributed by atoms with Gasteiger partial charge in [-0.25, -0.2) is 9.48 Å². The molecule has 2 unspecified atom stereocenters. The molecule has 1 aromatic rings. The number of rotatable bonds is 6. The van der Waals surface area contributed by atoms with Crippen molar-refractivity contribution in [2.75, 3.05) is 13.7 Å². The maximum atomic E-state index is 11.0. The van der Waals surface area contributed by atoms with E-state index in [4.69, 9.17) is 9.84 Å². The van der Waals surface area contributed by atoms with Crippen LogP contribution in [-0.4, -0.2) is 44.9 Å². The molecule has 17 heavy (non-hydrogen) atoms. The molecule has 0 aliphatic carbocycles. The Morgan fingerprint density at radius 1 is 1.59 bits per heavy atom. The molecule has 0 radical (unpaired) electrons. The number of hydrogen-bond acceptors (Lipinski definition) is 5. The molecule has 0 aliphatic heterocycles. The molecule has 0 saturated heterocycles. The molecule has 0 aromatic carbocycles. The average Bonchev–Trinajstić information content (AvgIpc) is 2.74. The van der Waals surface area contributed by atoms with E-state index in [2.05, 4.69) is 10.3 Å². The number of ether oxygens (including phenoxy) is 1. The fraction of sp³-hybridized carbons (Fsp3) is 0.700. The summed E-state index contributed by atoms with van der Waals surface area (Å²) in [6.07, 6.45) is 0.180. The Kier molecular flexibility index (Phi) is 4.59. The second-order valence-electron chi connectivity index (χ2n) is 3.70. The normalized spacial score (nSPS) is 14.6. The van der Waals surface area contributed by atoms with Gasteiger partial charge in [0.05, 0.1) is 18.8 Å². The standard InChI is InChI=1S/C10H17N3O4/c1-4-7(5-14)13-9(6(2)17-3)8(10(15)16)11-12-13/h6-7,14H,4-5H2,1-3H3,(H,15,16). The summed E-state index contributed by atoms with van der Waals surface area (Å²) in [6, 6.07) is -0.289. The van der Waals surface area contributed by atoms with E-state index in [1.54, 1.807) is 6.92 Å². The predicted octanol–water partition coefficient (Wildman–Crippen LogP) is 0.627. The van der Waals surface area contributed by atoms with Gasteiger partial charge in [-0.15, -0.1) is 5.10 Å². The van der Waals surface area contributed by atoms with Gasteiger partial charge in [0.2, 0.25) is 0 Å². The fourth-order valence-electron chi connectivity index (χ4n) is 1.59. The summed E-state index contributed by atoms with van der Waals surface area (Å²) in [5, 5.41) is 25.7. The fourth-order valence-corrected chi connectivity index (χ4v) is 1.59. The third-order valence-corrected chi connectivity index (χ3v) is 2.70. The van der Waals surface area contributed by atoms with Crippen molar-refractivity contribution >= 4 is 5.97 Å². The van der Waals surface area contributed by atoms with Gasteiger partial charge in [0.1, 0.15) is 5.69 Å². The van der Waals surface area contributed by atoms with Gasteiger partial charge in [-0.05, 0) is 13.3 Å². The highest BCUT2D eigenvalue weighted by Crippen LogP contribution is 2.23. The predicted molar refractivity (Wildman–Crippen MR) is 58.8 cm³/mol. The first-order chi connectivity index (χ1) is 8.06. The van der Waals surface area contributed by atoms with Crippen LogP contribution in [0.15, 0.2) is 0 Å². The highest BCUT2D eigenvalue weighted by Gasteiger charge is 2.26. The number of carboxylic acids is 1. The number of carbonyl (C=O) groups is 1. The first kappa shape index (κ1) is 13.6. The molecular formula is C10H17N3O4. The Morgan fingerprint density at radius 3 is 2.65 bits per heavy atom. The largest absolute Gasteiger partial charge is 0.476 e. The molecular weight excluding hydrogens is 226 g/mol. The number of aromatic nitrogens is 3. The van der Waals surface area contributed by atoms with Gasteiger partial charge in [-0.2, -0.15) is 0 Å². The maximum absolute atomic E-state index is 11.0. The number of hydrogen-bond donors (Lipinski definition) is 2. The molecule has 0 saturated carbocycles. The van der Waals surface area contributed by atoms with Gasteiger partial charge >= 0.3 is 5.97 Å². The van der Waals surface area contributed by atoms with Crippen LogP contribution in [0.4, 0.5) is 0 Å². The van der Waals surface area contributed by atoms with Gasteiger partial charge < -0.3 is 14.9 Å². The van der Waals surface area contributed by atoms with Gasteiger partial charge in [0, 0.05) is 7.11 Å². The van der Waals surface area contributed by atoms with E-state index in [1.807, 2.05) is 6.92 Å². The number of aromatic carboxylic acids is 1. The van der Waals surface area contributed by atoms with Crippen molar-refractivity contribution in [1.82, 2.24) is 15.0 Å². The van der Waals surface area contributed by atoms with E-state index >= 15 is 0 Å². The Morgan fingerprint density at radius 2 is 2.24 bits per heavy atom. The number of carboxylic acid groups (broad SMARTS) is 1. The van der Waals surface area contributed by atoms with Crippen LogP contribution in [-0.2, 0) is 4.74 Å². The lowest BCUT2D eigenvalue weighted by atomic mass is 10.1. The van der Waals surface area contributed by atoms with Crippen molar-refractivity contribution in [2.24, 2.45) is 0 Å². The molecule has 1 heterocycles. The summed E-state index contributed by atoms with van der Waals surface area (Å²) in [6.45, 7) is 3.47. The summed E-state index contributed by atoms with van der Waals surface area (Å²) in [4.78, 5) is 11.0. The van der Waals surface area contributed by atoms with Crippen molar-refractivity contribution in [3.05, 3.63) is 11.4 Å². The molecule has 0 bridgehead atoms. The van der Waals surface area contributed by atoms with E-state index < -0.39 is 12.1 Å². The van der Waals surface area contributed by atoms with E-state index in [-0.39, 0.29) is 18.3 Å². The van der Waals surface area contributed by atoms with Crippen LogP contribution >= 0.6 is 0 Å². The Balaban J connectivity index is 3.26. The highest BCUT2D eigenvalue weighted by atomic mass is 16.5. The first-order valence-electron chi connectivity index (χ1n) is 5.38. The smallest absolute Gasteiger partial charge is 0.358 e. The Bertz CT molecular complexity index is 387. The molecule has 1 rings (SSSR count). The molecule has 1 aromatic heterocycles. The van der Waals surface area contributed by atoms with E-state index in [1.165, 1.54) is 11.8 Å². The van der Waals surface area contributed by atoms with Crippen LogP contribution in [0.3, 0.4) is 0 Å². The minimum atomic E-state index is -1.15. The lowest BCUT2D eigenvalue weighted by Crippen LogP contribution is -2.19. The minimum Gasteiger partial charge on any atom is -0.476 e. The van der Waals surface area contributed by atoms with Crippen LogP contribution in [0.25, 0.3) is 0 Å². The molecule has 0 aliphatic rings. The summed E-state index contributed by atoms with van der Waals surface area (Å²) in [7, 11) is 1.48. The Hall–Kier alpha value is -1.47. The second kappa shape index (κ2) is 5.74. The number of nitrogens with zero attached hydrogens (tertiary/aromatic N) is 3. The maximum Gasteiger partial charge on any atom is 0.358 e. The van der Waals surface area contributed by atoms with E-state index in [0.717, 1.165) is 0 Å². The summed E-state index contributed by atoms with van der Waals surface area (Å²) >= 11 is 0. The number of aliphatic hydroxyl groups is 1. The molecule has 7 heteroatoms. The third kappa shape index (κ3) is 2.62. The molecule has 2 N–H and O–H groups in total. The summed E-state index contributed by atoms with van der Waals surface area (Å²) < 4.78 is 6.55. The van der Waals surface area contributed by atoms with Gasteiger partial charge in [-0.3, -0.25) is 0 Å². The zero-order valence-corrected chi connectivity index (χ0v) is 10.1. The van der Waals surface area contributed by atoms with Crippen LogP contribution in [0.1, 0.15) is 48.6 Å². The molecule has 0 spiro atoms. The highest BCUT2D eigenvalue weighted by molar-refractivity contribution is 5.86. The topological polar surface area (TPSA) is 97.5 Å². The van der Waals surface area contributed by atoms with Crippen LogP contribution in [0.2, 0.25) is 0 Å². The van der Waals surface area contributed by atoms with E-state index in [9.17, 15) is 9.90 Å². The SMILES string of the molecule is CCC(CO)n1nnc(C(=O)O)c1C(C)OC. The van der Waals surface area contributed by atoms with Crippen molar-refractivity contribution in [3.8, 4) is 0 Å². The van der Waals surface area contributed by atoms with Crippen molar-refractivity contribution < 1.29 is 19.7 Å². The van der Waals surface area contributed by atoms with Crippen LogP contribution < -0.4 is 0 Å². The zero-order chi connectivity index (χ0) is 13.0. The number of methoxy groups -OCH3 is 1. The summed E-state index contributed by atoms with van der Waals surface area (Å²) in [5.74, 6) is -1.15. The molecule has 2 atom stereocenters.